The van der Waals surface area contributed by atoms with Gasteiger partial charge < -0.3 is 10.1 Å². The predicted molar refractivity (Wildman–Crippen MR) is 115 cm³/mol. The molecule has 2 aromatic heterocycles. The monoisotopic (exact) mass is 459 g/mol. The van der Waals surface area contributed by atoms with Crippen LogP contribution >= 0.6 is 11.3 Å². The highest BCUT2D eigenvalue weighted by Crippen LogP contribution is 2.20. The van der Waals surface area contributed by atoms with E-state index in [1.54, 1.807) is 23.6 Å². The number of sulfonamides is 1. The Balaban J connectivity index is 1.23. The number of aromatic nitrogens is 3. The Labute approximate surface area is 181 Å². The normalized spacial score (nSPS) is 11.4. The minimum absolute atomic E-state index is 0.0772. The second kappa shape index (κ2) is 9.10. The van der Waals surface area contributed by atoms with Gasteiger partial charge in [0.25, 0.3) is 10.0 Å². The molecule has 2 aromatic carbocycles. The lowest BCUT2D eigenvalue weighted by Gasteiger charge is -2.08. The lowest BCUT2D eigenvalue weighted by Crippen LogP contribution is -2.14. The van der Waals surface area contributed by atoms with E-state index >= 15 is 0 Å². The lowest BCUT2D eigenvalue weighted by atomic mass is 10.2. The van der Waals surface area contributed by atoms with Crippen molar-refractivity contribution in [3.63, 3.8) is 0 Å². The summed E-state index contributed by atoms with van der Waals surface area (Å²) in [5.41, 5.74) is 1.75. The predicted octanol–water partition coefficient (Wildman–Crippen LogP) is 3.28. The first-order chi connectivity index (χ1) is 15.0. The molecule has 2 heterocycles. The van der Waals surface area contributed by atoms with Gasteiger partial charge in [-0.15, -0.1) is 11.3 Å². The zero-order valence-corrected chi connectivity index (χ0v) is 17.6. The highest BCUT2D eigenvalue weighted by atomic mass is 32.2. The molecule has 0 saturated heterocycles. The van der Waals surface area contributed by atoms with Gasteiger partial charge >= 0.3 is 0 Å². The molecule has 4 aromatic rings. The summed E-state index contributed by atoms with van der Waals surface area (Å²) in [5.74, 6) is 0.419. The van der Waals surface area contributed by atoms with Gasteiger partial charge in [-0.1, -0.05) is 0 Å². The number of fused-ring (bicyclic) bond motifs is 1. The van der Waals surface area contributed by atoms with Crippen molar-refractivity contribution < 1.29 is 22.6 Å². The van der Waals surface area contributed by atoms with E-state index < -0.39 is 10.0 Å². The number of carbonyl (C=O) groups excluding carboxylic acids is 1. The molecule has 31 heavy (non-hydrogen) atoms. The molecule has 4 rings (SSSR count). The smallest absolute Gasteiger partial charge is 0.263 e. The summed E-state index contributed by atoms with van der Waals surface area (Å²) >= 11 is 1.19. The van der Waals surface area contributed by atoms with Crippen molar-refractivity contribution in [1.29, 1.82) is 0 Å². The van der Waals surface area contributed by atoms with Crippen LogP contribution in [0.5, 0.6) is 5.75 Å². The van der Waals surface area contributed by atoms with Gasteiger partial charge in [-0.3, -0.25) is 9.52 Å². The number of anilines is 2. The number of hydrogen-bond acceptors (Lipinski definition) is 9. The van der Waals surface area contributed by atoms with Crippen LogP contribution in [0, 0.1) is 0 Å². The average molecular weight is 460 g/mol. The van der Waals surface area contributed by atoms with E-state index in [-0.39, 0.29) is 22.4 Å². The first kappa shape index (κ1) is 20.8. The van der Waals surface area contributed by atoms with Crippen LogP contribution in [0.25, 0.3) is 11.0 Å². The van der Waals surface area contributed by atoms with Gasteiger partial charge in [-0.2, -0.15) is 0 Å². The van der Waals surface area contributed by atoms with Crippen LogP contribution in [0.15, 0.2) is 63.6 Å². The first-order valence-corrected chi connectivity index (χ1v) is 11.5. The Kier molecular flexibility index (Phi) is 6.09. The van der Waals surface area contributed by atoms with Gasteiger partial charge in [0.2, 0.25) is 5.91 Å². The van der Waals surface area contributed by atoms with Gasteiger partial charge in [0, 0.05) is 29.8 Å². The van der Waals surface area contributed by atoms with Crippen molar-refractivity contribution in [2.45, 2.75) is 17.7 Å². The van der Waals surface area contributed by atoms with E-state index in [0.717, 1.165) is 0 Å². The van der Waals surface area contributed by atoms with E-state index in [1.165, 1.54) is 41.8 Å². The molecular formula is C19H17N5O5S2. The summed E-state index contributed by atoms with van der Waals surface area (Å²) < 4.78 is 37.3. The molecule has 0 atom stereocenters. The van der Waals surface area contributed by atoms with Gasteiger partial charge in [0.05, 0.1) is 11.5 Å². The fraction of sp³-hybridized carbons (Fsp3) is 0.158. The molecule has 0 saturated carbocycles. The summed E-state index contributed by atoms with van der Waals surface area (Å²) in [7, 11) is -3.73. The summed E-state index contributed by atoms with van der Waals surface area (Å²) in [5, 5.41) is 12.2. The number of nitrogens with zero attached hydrogens (tertiary/aromatic N) is 3. The molecular weight excluding hydrogens is 442 g/mol. The molecule has 2 N–H and O–H groups in total. The van der Waals surface area contributed by atoms with Crippen molar-refractivity contribution in [2.24, 2.45) is 0 Å². The van der Waals surface area contributed by atoms with Crippen molar-refractivity contribution in [1.82, 2.24) is 15.3 Å². The van der Waals surface area contributed by atoms with Crippen molar-refractivity contribution in [3.05, 3.63) is 54.0 Å². The Bertz CT molecular complexity index is 1270. The standard InChI is InChI=1S/C19H17N5O5S2/c25-18(2-1-10-28-14-5-8-16-17(12-14)23-29-22-16)21-13-3-6-15(7-4-13)31(26,27)24-19-20-9-11-30-19/h3-9,11-12H,1-2,10H2,(H,20,24)(H,21,25). The van der Waals surface area contributed by atoms with E-state index in [4.69, 9.17) is 4.74 Å². The fourth-order valence-corrected chi connectivity index (χ4v) is 4.45. The third-order valence-corrected chi connectivity index (χ3v) is 6.32. The van der Waals surface area contributed by atoms with Crippen molar-refractivity contribution in [2.75, 3.05) is 16.6 Å². The average Bonchev–Trinajstić information content (AvgIpc) is 3.42. The van der Waals surface area contributed by atoms with E-state index in [0.29, 0.717) is 35.5 Å². The molecule has 0 radical (unpaired) electrons. The van der Waals surface area contributed by atoms with Crippen LogP contribution in [0.1, 0.15) is 12.8 Å². The maximum atomic E-state index is 12.3. The summed E-state index contributed by atoms with van der Waals surface area (Å²) in [4.78, 5) is 16.1. The highest BCUT2D eigenvalue weighted by Gasteiger charge is 2.15. The van der Waals surface area contributed by atoms with E-state index in [1.807, 2.05) is 0 Å². The third kappa shape index (κ3) is 5.35. The van der Waals surface area contributed by atoms with E-state index in [9.17, 15) is 13.2 Å². The van der Waals surface area contributed by atoms with Gasteiger partial charge in [0.1, 0.15) is 16.8 Å². The molecule has 0 fully saturated rings. The largest absolute Gasteiger partial charge is 0.493 e. The first-order valence-electron chi connectivity index (χ1n) is 9.17. The number of hydrogen-bond donors (Lipinski definition) is 2. The number of thiazole rings is 1. The zero-order chi connectivity index (χ0) is 21.7. The molecule has 0 bridgehead atoms. The molecule has 0 aliphatic carbocycles. The van der Waals surface area contributed by atoms with Crippen LogP contribution in [-0.4, -0.2) is 36.2 Å². The third-order valence-electron chi connectivity index (χ3n) is 4.14. The minimum atomic E-state index is -3.73. The number of nitrogens with one attached hydrogen (secondary N) is 2. The number of rotatable bonds is 9. The summed E-state index contributed by atoms with van der Waals surface area (Å²) in [6, 6.07) is 11.1. The summed E-state index contributed by atoms with van der Waals surface area (Å²) in [6.07, 6.45) is 2.27. The molecule has 0 aliphatic rings. The second-order valence-electron chi connectivity index (χ2n) is 6.38. The molecule has 0 unspecified atom stereocenters. The minimum Gasteiger partial charge on any atom is -0.493 e. The van der Waals surface area contributed by atoms with Crippen LogP contribution in [-0.2, 0) is 14.8 Å². The number of amides is 1. The maximum Gasteiger partial charge on any atom is 0.263 e. The molecule has 160 valence electrons. The fourth-order valence-electron chi connectivity index (χ4n) is 2.66. The molecule has 1 amide bonds. The van der Waals surface area contributed by atoms with Crippen LogP contribution < -0.4 is 14.8 Å². The number of benzene rings is 2. The molecule has 0 aliphatic heterocycles. The highest BCUT2D eigenvalue weighted by molar-refractivity contribution is 7.93. The Morgan fingerprint density at radius 2 is 1.90 bits per heavy atom. The molecule has 10 nitrogen and oxygen atoms in total. The van der Waals surface area contributed by atoms with Gasteiger partial charge in [-0.25, -0.2) is 18.0 Å². The van der Waals surface area contributed by atoms with Gasteiger partial charge in [-0.05, 0) is 53.1 Å². The van der Waals surface area contributed by atoms with E-state index in [2.05, 4.69) is 30.0 Å². The summed E-state index contributed by atoms with van der Waals surface area (Å²) in [6.45, 7) is 0.351. The quantitative estimate of drug-likeness (QED) is 0.364. The topological polar surface area (TPSA) is 136 Å². The SMILES string of the molecule is O=C(CCCOc1ccc2nonc2c1)Nc1ccc(S(=O)(=O)Nc2nccs2)cc1. The second-order valence-corrected chi connectivity index (χ2v) is 8.96. The van der Waals surface area contributed by atoms with Gasteiger partial charge in [0.15, 0.2) is 5.13 Å². The van der Waals surface area contributed by atoms with Crippen LogP contribution in [0.2, 0.25) is 0 Å². The Morgan fingerprint density at radius 3 is 2.68 bits per heavy atom. The molecule has 12 heteroatoms. The number of ether oxygens (including phenoxy) is 1. The zero-order valence-electron chi connectivity index (χ0n) is 16.0. The lowest BCUT2D eigenvalue weighted by molar-refractivity contribution is -0.116. The Hall–Kier alpha value is -3.51. The van der Waals surface area contributed by atoms with Crippen LogP contribution in [0.4, 0.5) is 10.8 Å². The molecule has 0 spiro atoms. The van der Waals surface area contributed by atoms with Crippen LogP contribution in [0.3, 0.4) is 0 Å². The Morgan fingerprint density at radius 1 is 1.10 bits per heavy atom. The van der Waals surface area contributed by atoms with Crippen molar-refractivity contribution in [3.8, 4) is 5.75 Å². The van der Waals surface area contributed by atoms with Crippen molar-refractivity contribution >= 4 is 49.1 Å². The maximum absolute atomic E-state index is 12.3. The number of carbonyl (C=O) groups is 1.